The van der Waals surface area contributed by atoms with Gasteiger partial charge in [-0.1, -0.05) is 26.2 Å². The number of hydrogen-bond acceptors (Lipinski definition) is 3. The van der Waals surface area contributed by atoms with Crippen LogP contribution in [0.1, 0.15) is 39.0 Å². The Morgan fingerprint density at radius 2 is 1.84 bits per heavy atom. The van der Waals surface area contributed by atoms with Gasteiger partial charge in [-0.15, -0.1) is 12.4 Å². The van der Waals surface area contributed by atoms with E-state index in [-0.39, 0.29) is 29.8 Å². The van der Waals surface area contributed by atoms with Crippen LogP contribution in [-0.4, -0.2) is 50.6 Å². The van der Waals surface area contributed by atoms with Gasteiger partial charge in [0, 0.05) is 24.5 Å². The Morgan fingerprint density at radius 1 is 1.26 bits per heavy atom. The molecule has 1 atom stereocenters. The number of hydrogen-bond donors (Lipinski definition) is 2. The van der Waals surface area contributed by atoms with E-state index in [1.54, 1.807) is 0 Å². The lowest BCUT2D eigenvalue weighted by Crippen LogP contribution is -2.54. The topological polar surface area (TPSA) is 44.4 Å². The third kappa shape index (κ3) is 5.28. The molecule has 0 radical (unpaired) electrons. The fourth-order valence-electron chi connectivity index (χ4n) is 2.82. The van der Waals surface area contributed by atoms with Gasteiger partial charge in [0.2, 0.25) is 5.91 Å². The van der Waals surface area contributed by atoms with Crippen molar-refractivity contribution in [2.75, 3.05) is 34.2 Å². The maximum atomic E-state index is 12.0. The molecule has 1 fully saturated rings. The fourth-order valence-corrected chi connectivity index (χ4v) is 2.82. The van der Waals surface area contributed by atoms with Crippen LogP contribution in [0.25, 0.3) is 0 Å². The van der Waals surface area contributed by atoms with E-state index in [0.717, 1.165) is 13.1 Å². The summed E-state index contributed by atoms with van der Waals surface area (Å²) >= 11 is 0. The van der Waals surface area contributed by atoms with Gasteiger partial charge >= 0.3 is 0 Å². The van der Waals surface area contributed by atoms with Gasteiger partial charge in [0.15, 0.2) is 0 Å². The number of amides is 1. The molecular formula is C14H30ClN3O. The summed E-state index contributed by atoms with van der Waals surface area (Å²) in [5.74, 6) is 0.203. The molecule has 0 aromatic heterocycles. The summed E-state index contributed by atoms with van der Waals surface area (Å²) in [6, 6.07) is 0. The highest BCUT2D eigenvalue weighted by Gasteiger charge is 2.34. The van der Waals surface area contributed by atoms with Gasteiger partial charge in [-0.3, -0.25) is 4.79 Å². The van der Waals surface area contributed by atoms with E-state index in [4.69, 9.17) is 0 Å². The number of halogens is 1. The summed E-state index contributed by atoms with van der Waals surface area (Å²) in [6.07, 6.45) is 6.28. The lowest BCUT2D eigenvalue weighted by Gasteiger charge is -2.43. The Kier molecular flexibility index (Phi) is 8.62. The SMILES string of the molecule is CNCC(C)C(=O)NCC1(N(C)C)CCCCC1.Cl. The fraction of sp³-hybridized carbons (Fsp3) is 0.929. The van der Waals surface area contributed by atoms with Crippen LogP contribution in [0.2, 0.25) is 0 Å². The van der Waals surface area contributed by atoms with E-state index in [0.29, 0.717) is 0 Å². The van der Waals surface area contributed by atoms with Gasteiger partial charge in [0.05, 0.1) is 0 Å². The van der Waals surface area contributed by atoms with Crippen LogP contribution >= 0.6 is 12.4 Å². The van der Waals surface area contributed by atoms with Crippen molar-refractivity contribution in [2.24, 2.45) is 5.92 Å². The Labute approximate surface area is 124 Å². The maximum absolute atomic E-state index is 12.0. The molecule has 1 saturated carbocycles. The van der Waals surface area contributed by atoms with Gasteiger partial charge in [-0.2, -0.15) is 0 Å². The number of carbonyl (C=O) groups is 1. The molecule has 1 aliphatic carbocycles. The van der Waals surface area contributed by atoms with Crippen molar-refractivity contribution < 1.29 is 4.79 Å². The molecule has 19 heavy (non-hydrogen) atoms. The Morgan fingerprint density at radius 3 is 2.32 bits per heavy atom. The van der Waals surface area contributed by atoms with E-state index in [2.05, 4.69) is 29.6 Å². The zero-order valence-corrected chi connectivity index (χ0v) is 13.6. The minimum absolute atomic E-state index is 0. The Balaban J connectivity index is 0.00000324. The van der Waals surface area contributed by atoms with Gasteiger partial charge < -0.3 is 15.5 Å². The minimum Gasteiger partial charge on any atom is -0.354 e. The summed E-state index contributed by atoms with van der Waals surface area (Å²) in [5, 5.41) is 6.19. The number of likely N-dealkylation sites (N-methyl/N-ethyl adjacent to an activating group) is 1. The molecule has 1 aliphatic rings. The van der Waals surface area contributed by atoms with Crippen LogP contribution in [0.15, 0.2) is 0 Å². The standard InChI is InChI=1S/C14H29N3O.ClH/c1-12(10-15-2)13(18)16-11-14(17(3)4)8-6-5-7-9-14;/h12,15H,5-11H2,1-4H3,(H,16,18);1H. The summed E-state index contributed by atoms with van der Waals surface area (Å²) in [4.78, 5) is 14.3. The van der Waals surface area contributed by atoms with Crippen molar-refractivity contribution in [3.63, 3.8) is 0 Å². The molecule has 4 nitrogen and oxygen atoms in total. The van der Waals surface area contributed by atoms with Crippen molar-refractivity contribution in [1.82, 2.24) is 15.5 Å². The molecule has 0 saturated heterocycles. The maximum Gasteiger partial charge on any atom is 0.224 e. The van der Waals surface area contributed by atoms with Crippen LogP contribution in [0.5, 0.6) is 0 Å². The summed E-state index contributed by atoms with van der Waals surface area (Å²) in [6.45, 7) is 3.49. The first kappa shape index (κ1) is 18.7. The number of nitrogens with zero attached hydrogens (tertiary/aromatic N) is 1. The molecular weight excluding hydrogens is 262 g/mol. The minimum atomic E-state index is 0. The molecule has 0 spiro atoms. The smallest absolute Gasteiger partial charge is 0.224 e. The normalized spacial score (nSPS) is 19.6. The highest BCUT2D eigenvalue weighted by molar-refractivity contribution is 5.85. The third-order valence-corrected chi connectivity index (χ3v) is 4.28. The quantitative estimate of drug-likeness (QED) is 0.782. The highest BCUT2D eigenvalue weighted by atomic mass is 35.5. The zero-order valence-electron chi connectivity index (χ0n) is 12.8. The second kappa shape index (κ2) is 8.77. The Hall–Kier alpha value is -0.320. The number of rotatable bonds is 6. The van der Waals surface area contributed by atoms with Crippen LogP contribution in [0, 0.1) is 5.92 Å². The van der Waals surface area contributed by atoms with Crippen LogP contribution in [-0.2, 0) is 4.79 Å². The molecule has 0 heterocycles. The van der Waals surface area contributed by atoms with Gasteiger partial charge in [-0.25, -0.2) is 0 Å². The largest absolute Gasteiger partial charge is 0.354 e. The molecule has 1 unspecified atom stereocenters. The Bertz CT molecular complexity index is 265. The van der Waals surface area contributed by atoms with Crippen molar-refractivity contribution in [2.45, 2.75) is 44.6 Å². The first-order chi connectivity index (χ1) is 8.52. The zero-order chi connectivity index (χ0) is 13.6. The predicted octanol–water partition coefficient (Wildman–Crippen LogP) is 1.64. The van der Waals surface area contributed by atoms with Gasteiger partial charge in [0.25, 0.3) is 0 Å². The molecule has 1 rings (SSSR count). The molecule has 2 N–H and O–H groups in total. The molecule has 1 amide bonds. The van der Waals surface area contributed by atoms with Crippen molar-refractivity contribution in [3.8, 4) is 0 Å². The van der Waals surface area contributed by atoms with Gasteiger partial charge in [0.1, 0.15) is 0 Å². The molecule has 0 bridgehead atoms. The average Bonchev–Trinajstić information content (AvgIpc) is 2.37. The summed E-state index contributed by atoms with van der Waals surface area (Å²) in [7, 11) is 6.15. The number of carbonyl (C=O) groups excluding carboxylic acids is 1. The van der Waals surface area contributed by atoms with Crippen LogP contribution in [0.4, 0.5) is 0 Å². The monoisotopic (exact) mass is 291 g/mol. The van der Waals surface area contributed by atoms with E-state index in [1.807, 2.05) is 14.0 Å². The highest BCUT2D eigenvalue weighted by Crippen LogP contribution is 2.31. The summed E-state index contributed by atoms with van der Waals surface area (Å²) in [5.41, 5.74) is 0.174. The van der Waals surface area contributed by atoms with Crippen molar-refractivity contribution in [3.05, 3.63) is 0 Å². The van der Waals surface area contributed by atoms with E-state index < -0.39 is 0 Å². The van der Waals surface area contributed by atoms with E-state index >= 15 is 0 Å². The lowest BCUT2D eigenvalue weighted by atomic mass is 9.80. The third-order valence-electron chi connectivity index (χ3n) is 4.28. The molecule has 0 aromatic rings. The first-order valence-corrected chi connectivity index (χ1v) is 7.11. The second-order valence-corrected chi connectivity index (χ2v) is 5.86. The molecule has 0 aromatic carbocycles. The summed E-state index contributed by atoms with van der Waals surface area (Å²) < 4.78 is 0. The van der Waals surface area contributed by atoms with Crippen molar-refractivity contribution in [1.29, 1.82) is 0 Å². The van der Waals surface area contributed by atoms with Crippen LogP contribution < -0.4 is 10.6 Å². The average molecular weight is 292 g/mol. The predicted molar refractivity (Wildman–Crippen MR) is 82.9 cm³/mol. The number of nitrogens with one attached hydrogen (secondary N) is 2. The molecule has 0 aliphatic heterocycles. The lowest BCUT2D eigenvalue weighted by molar-refractivity contribution is -0.125. The first-order valence-electron chi connectivity index (χ1n) is 7.11. The van der Waals surface area contributed by atoms with Crippen molar-refractivity contribution >= 4 is 18.3 Å². The van der Waals surface area contributed by atoms with Gasteiger partial charge in [-0.05, 0) is 34.0 Å². The second-order valence-electron chi connectivity index (χ2n) is 5.86. The molecule has 5 heteroatoms. The van der Waals surface area contributed by atoms with E-state index in [1.165, 1.54) is 32.1 Å². The molecule has 114 valence electrons. The van der Waals surface area contributed by atoms with E-state index in [9.17, 15) is 4.79 Å². The van der Waals surface area contributed by atoms with Crippen LogP contribution in [0.3, 0.4) is 0 Å².